The van der Waals surface area contributed by atoms with Crippen LogP contribution in [0, 0.1) is 6.92 Å². The Hall–Kier alpha value is -2.08. The standard InChI is InChI=1S/C13H9BrN4O/c1-8-11(16-10(14)7-15-8)13-18-17-12(19-13)9-5-3-2-4-6-9/h2-7H,1H3. The van der Waals surface area contributed by atoms with E-state index in [1.54, 1.807) is 6.20 Å². The summed E-state index contributed by atoms with van der Waals surface area (Å²) in [6, 6.07) is 9.60. The van der Waals surface area contributed by atoms with Crippen LogP contribution in [0.2, 0.25) is 0 Å². The summed E-state index contributed by atoms with van der Waals surface area (Å²) >= 11 is 3.28. The molecule has 0 saturated carbocycles. The highest BCUT2D eigenvalue weighted by Gasteiger charge is 2.14. The quantitative estimate of drug-likeness (QED) is 0.726. The molecule has 0 fully saturated rings. The van der Waals surface area contributed by atoms with Crippen molar-refractivity contribution in [3.8, 4) is 23.0 Å². The van der Waals surface area contributed by atoms with Gasteiger partial charge in [0.15, 0.2) is 0 Å². The molecule has 3 aromatic rings. The molecule has 0 aliphatic rings. The third-order valence-corrected chi connectivity index (χ3v) is 2.96. The number of aromatic nitrogens is 4. The zero-order chi connectivity index (χ0) is 13.2. The van der Waals surface area contributed by atoms with Gasteiger partial charge in [0.1, 0.15) is 10.3 Å². The van der Waals surface area contributed by atoms with E-state index in [2.05, 4.69) is 36.1 Å². The largest absolute Gasteiger partial charge is 0.415 e. The first-order valence-electron chi connectivity index (χ1n) is 5.62. The van der Waals surface area contributed by atoms with Crippen molar-refractivity contribution in [1.82, 2.24) is 20.2 Å². The van der Waals surface area contributed by atoms with Gasteiger partial charge in [0.2, 0.25) is 5.89 Å². The Balaban J connectivity index is 2.04. The lowest BCUT2D eigenvalue weighted by Gasteiger charge is -1.99. The molecule has 0 spiro atoms. The van der Waals surface area contributed by atoms with Gasteiger partial charge < -0.3 is 4.42 Å². The molecular weight excluding hydrogens is 308 g/mol. The van der Waals surface area contributed by atoms with Crippen molar-refractivity contribution in [1.29, 1.82) is 0 Å². The van der Waals surface area contributed by atoms with Gasteiger partial charge in [-0.2, -0.15) is 0 Å². The first-order chi connectivity index (χ1) is 9.24. The summed E-state index contributed by atoms with van der Waals surface area (Å²) in [4.78, 5) is 8.51. The minimum Gasteiger partial charge on any atom is -0.415 e. The molecule has 1 aromatic carbocycles. The van der Waals surface area contributed by atoms with Gasteiger partial charge in [-0.05, 0) is 35.0 Å². The topological polar surface area (TPSA) is 64.7 Å². The summed E-state index contributed by atoms with van der Waals surface area (Å²) in [5, 5.41) is 8.06. The molecule has 0 radical (unpaired) electrons. The van der Waals surface area contributed by atoms with E-state index < -0.39 is 0 Å². The van der Waals surface area contributed by atoms with Crippen LogP contribution in [-0.4, -0.2) is 20.2 Å². The summed E-state index contributed by atoms with van der Waals surface area (Å²) in [5.41, 5.74) is 2.21. The summed E-state index contributed by atoms with van der Waals surface area (Å²) in [6.07, 6.45) is 1.63. The molecule has 3 rings (SSSR count). The molecule has 0 aliphatic heterocycles. The zero-order valence-corrected chi connectivity index (χ0v) is 11.6. The first-order valence-corrected chi connectivity index (χ1v) is 6.42. The van der Waals surface area contributed by atoms with Crippen LogP contribution in [-0.2, 0) is 0 Å². The fourth-order valence-corrected chi connectivity index (χ4v) is 1.93. The average molecular weight is 317 g/mol. The van der Waals surface area contributed by atoms with Gasteiger partial charge in [0.05, 0.1) is 11.9 Å². The molecule has 0 amide bonds. The van der Waals surface area contributed by atoms with Gasteiger partial charge in [0.25, 0.3) is 5.89 Å². The predicted molar refractivity (Wildman–Crippen MR) is 73.2 cm³/mol. The molecule has 6 heteroatoms. The van der Waals surface area contributed by atoms with Crippen molar-refractivity contribution < 1.29 is 4.42 Å². The van der Waals surface area contributed by atoms with E-state index in [-0.39, 0.29) is 0 Å². The van der Waals surface area contributed by atoms with E-state index in [0.717, 1.165) is 11.3 Å². The minimum atomic E-state index is 0.366. The Morgan fingerprint density at radius 2 is 1.79 bits per heavy atom. The Morgan fingerprint density at radius 1 is 1.05 bits per heavy atom. The van der Waals surface area contributed by atoms with Crippen LogP contribution >= 0.6 is 15.9 Å². The van der Waals surface area contributed by atoms with Crippen LogP contribution in [0.1, 0.15) is 5.69 Å². The third-order valence-electron chi connectivity index (χ3n) is 2.57. The van der Waals surface area contributed by atoms with Gasteiger partial charge in [0, 0.05) is 5.56 Å². The Bertz CT molecular complexity index is 712. The van der Waals surface area contributed by atoms with E-state index >= 15 is 0 Å². The smallest absolute Gasteiger partial charge is 0.268 e. The normalized spacial score (nSPS) is 10.6. The van der Waals surface area contributed by atoms with Crippen molar-refractivity contribution in [2.24, 2.45) is 0 Å². The summed E-state index contributed by atoms with van der Waals surface area (Å²) in [5.74, 6) is 0.835. The van der Waals surface area contributed by atoms with Crippen LogP contribution in [0.25, 0.3) is 23.0 Å². The lowest BCUT2D eigenvalue weighted by molar-refractivity contribution is 0.581. The Labute approximate surface area is 117 Å². The summed E-state index contributed by atoms with van der Waals surface area (Å²) in [7, 11) is 0. The molecule has 5 nitrogen and oxygen atoms in total. The third kappa shape index (κ3) is 2.39. The maximum absolute atomic E-state index is 5.65. The average Bonchev–Trinajstić information content (AvgIpc) is 2.92. The molecule has 19 heavy (non-hydrogen) atoms. The van der Waals surface area contributed by atoms with E-state index in [4.69, 9.17) is 4.42 Å². The molecule has 0 unspecified atom stereocenters. The summed E-state index contributed by atoms with van der Waals surface area (Å²) < 4.78 is 6.28. The second-order valence-electron chi connectivity index (χ2n) is 3.91. The Kier molecular flexibility index (Phi) is 3.08. The summed E-state index contributed by atoms with van der Waals surface area (Å²) in [6.45, 7) is 1.85. The van der Waals surface area contributed by atoms with E-state index in [1.807, 2.05) is 37.3 Å². The van der Waals surface area contributed by atoms with Gasteiger partial charge in [-0.3, -0.25) is 4.98 Å². The number of hydrogen-bond acceptors (Lipinski definition) is 5. The van der Waals surface area contributed by atoms with Crippen molar-refractivity contribution in [2.45, 2.75) is 6.92 Å². The molecule has 0 N–H and O–H groups in total. The Morgan fingerprint density at radius 3 is 2.58 bits per heavy atom. The van der Waals surface area contributed by atoms with Crippen LogP contribution in [0.4, 0.5) is 0 Å². The number of aryl methyl sites for hydroxylation is 1. The first kappa shape index (κ1) is 12.0. The van der Waals surface area contributed by atoms with Gasteiger partial charge in [-0.1, -0.05) is 18.2 Å². The van der Waals surface area contributed by atoms with Crippen LogP contribution < -0.4 is 0 Å². The highest BCUT2D eigenvalue weighted by molar-refractivity contribution is 9.10. The van der Waals surface area contributed by atoms with Gasteiger partial charge in [-0.25, -0.2) is 4.98 Å². The maximum atomic E-state index is 5.65. The number of benzene rings is 1. The van der Waals surface area contributed by atoms with Crippen molar-refractivity contribution in [3.63, 3.8) is 0 Å². The molecule has 2 aromatic heterocycles. The van der Waals surface area contributed by atoms with Gasteiger partial charge >= 0.3 is 0 Å². The molecule has 2 heterocycles. The van der Waals surface area contributed by atoms with E-state index in [1.165, 1.54) is 0 Å². The predicted octanol–water partition coefficient (Wildman–Crippen LogP) is 3.26. The minimum absolute atomic E-state index is 0.366. The number of hydrogen-bond donors (Lipinski definition) is 0. The second kappa shape index (κ2) is 4.89. The number of rotatable bonds is 2. The number of halogens is 1. The van der Waals surface area contributed by atoms with Crippen LogP contribution in [0.5, 0.6) is 0 Å². The fourth-order valence-electron chi connectivity index (χ4n) is 1.65. The zero-order valence-electron chi connectivity index (χ0n) is 10.0. The van der Waals surface area contributed by atoms with E-state index in [9.17, 15) is 0 Å². The molecule has 0 bridgehead atoms. The van der Waals surface area contributed by atoms with Gasteiger partial charge in [-0.15, -0.1) is 10.2 Å². The fraction of sp³-hybridized carbons (Fsp3) is 0.0769. The molecular formula is C13H9BrN4O. The molecule has 0 saturated heterocycles. The molecule has 94 valence electrons. The highest BCUT2D eigenvalue weighted by atomic mass is 79.9. The van der Waals surface area contributed by atoms with Crippen molar-refractivity contribution in [3.05, 3.63) is 46.8 Å². The van der Waals surface area contributed by atoms with Crippen molar-refractivity contribution >= 4 is 15.9 Å². The maximum Gasteiger partial charge on any atom is 0.268 e. The van der Waals surface area contributed by atoms with E-state index in [0.29, 0.717) is 22.1 Å². The van der Waals surface area contributed by atoms with Crippen LogP contribution in [0.3, 0.4) is 0 Å². The van der Waals surface area contributed by atoms with Crippen molar-refractivity contribution in [2.75, 3.05) is 0 Å². The SMILES string of the molecule is Cc1ncc(Br)nc1-c1nnc(-c2ccccc2)o1. The molecule has 0 aliphatic carbocycles. The lowest BCUT2D eigenvalue weighted by atomic mass is 10.2. The molecule has 0 atom stereocenters. The highest BCUT2D eigenvalue weighted by Crippen LogP contribution is 2.24. The number of nitrogens with zero attached hydrogens (tertiary/aromatic N) is 4. The monoisotopic (exact) mass is 316 g/mol. The van der Waals surface area contributed by atoms with Crippen LogP contribution in [0.15, 0.2) is 45.5 Å². The lowest BCUT2D eigenvalue weighted by Crippen LogP contribution is -1.92. The second-order valence-corrected chi connectivity index (χ2v) is 4.72.